The molecule has 5 atom stereocenters. The number of hydrogen-bond donors (Lipinski definition) is 6. The van der Waals surface area contributed by atoms with Gasteiger partial charge in [0.1, 0.15) is 18.7 Å². The number of benzene rings is 3. The minimum atomic E-state index is -1.05. The van der Waals surface area contributed by atoms with Gasteiger partial charge in [-0.2, -0.15) is 0 Å². The first kappa shape index (κ1) is 43.9. The predicted octanol–water partition coefficient (Wildman–Crippen LogP) is 5.76. The second kappa shape index (κ2) is 23.3. The van der Waals surface area contributed by atoms with Crippen LogP contribution in [0.5, 0.6) is 0 Å². The number of nitrogens with two attached hydrogens (primary N) is 1. The molecule has 3 aromatic rings. The van der Waals surface area contributed by atoms with Crippen LogP contribution in [0.25, 0.3) is 10.8 Å². The Morgan fingerprint density at radius 1 is 0.741 bits per heavy atom. The summed E-state index contributed by atoms with van der Waals surface area (Å²) in [6, 6.07) is 20.3. The maximum atomic E-state index is 14.1. The third-order valence-corrected chi connectivity index (χ3v) is 9.46. The van der Waals surface area contributed by atoms with Gasteiger partial charge >= 0.3 is 6.09 Å². The molecule has 0 fully saturated rings. The zero-order valence-electron chi connectivity index (χ0n) is 32.8. The van der Waals surface area contributed by atoms with Gasteiger partial charge in [0.2, 0.25) is 17.7 Å². The molecule has 0 unspecified atom stereocenters. The Kier molecular flexibility index (Phi) is 19.0. The smallest absolute Gasteiger partial charge is 0.408 e. The number of hydrogen-bond acceptors (Lipinski definition) is 7. The number of carbonyl (C=O) groups excluding carboxylic acids is 4. The van der Waals surface area contributed by atoms with Gasteiger partial charge in [0.05, 0.1) is 12.1 Å². The molecule has 0 bridgehead atoms. The predicted molar refractivity (Wildman–Crippen MR) is 214 cm³/mol. The number of nitrogens with one attached hydrogen (secondary N) is 4. The summed E-state index contributed by atoms with van der Waals surface area (Å²) in [5.41, 5.74) is 7.43. The van der Waals surface area contributed by atoms with Crippen LogP contribution in [0, 0.1) is 17.8 Å². The SMILES string of the molecule is CCCC[C@H](NC(=O)[C@H](Cc1cccc2ccccc12)NC(=O)OCc1ccccc1)C(=O)N[C@@H](CC(C)C)[C@@H](O)C[C@H](CCCN)C(=O)NCC(C)C. The lowest BCUT2D eigenvalue weighted by molar-refractivity contribution is -0.131. The molecule has 11 nitrogen and oxygen atoms in total. The molecule has 3 rings (SSSR count). The van der Waals surface area contributed by atoms with Gasteiger partial charge in [-0.25, -0.2) is 4.79 Å². The van der Waals surface area contributed by atoms with Gasteiger partial charge in [-0.05, 0) is 72.4 Å². The van der Waals surface area contributed by atoms with Crippen molar-refractivity contribution in [2.75, 3.05) is 13.1 Å². The highest BCUT2D eigenvalue weighted by atomic mass is 16.5. The Labute approximate surface area is 321 Å². The molecule has 7 N–H and O–H groups in total. The first-order chi connectivity index (χ1) is 25.9. The highest BCUT2D eigenvalue weighted by molar-refractivity contribution is 5.92. The Balaban J connectivity index is 1.82. The van der Waals surface area contributed by atoms with Crippen molar-refractivity contribution in [3.63, 3.8) is 0 Å². The molecule has 0 aliphatic rings. The van der Waals surface area contributed by atoms with Crippen LogP contribution in [0.2, 0.25) is 0 Å². The van der Waals surface area contributed by atoms with Gasteiger partial charge in [0, 0.05) is 18.9 Å². The second-order valence-corrected chi connectivity index (χ2v) is 15.1. The lowest BCUT2D eigenvalue weighted by Gasteiger charge is -2.30. The summed E-state index contributed by atoms with van der Waals surface area (Å²) in [4.78, 5) is 54.4. The fraction of sp³-hybridized carbons (Fsp3) is 0.535. The Bertz CT molecular complexity index is 1590. The number of fused-ring (bicyclic) bond motifs is 1. The largest absolute Gasteiger partial charge is 0.445 e. The lowest BCUT2D eigenvalue weighted by atomic mass is 9.89. The van der Waals surface area contributed by atoms with Crippen molar-refractivity contribution in [2.45, 2.75) is 117 Å². The van der Waals surface area contributed by atoms with Gasteiger partial charge in [-0.1, -0.05) is 120 Å². The van der Waals surface area contributed by atoms with Crippen LogP contribution in [0.4, 0.5) is 4.79 Å². The van der Waals surface area contributed by atoms with Crippen molar-refractivity contribution in [3.05, 3.63) is 83.9 Å². The molecule has 0 aromatic heterocycles. The molecule has 0 heterocycles. The Hall–Kier alpha value is -4.48. The van der Waals surface area contributed by atoms with Crippen LogP contribution >= 0.6 is 0 Å². The summed E-state index contributed by atoms with van der Waals surface area (Å²) in [6.07, 6.45) is 1.99. The average Bonchev–Trinajstić information content (AvgIpc) is 3.15. The zero-order chi connectivity index (χ0) is 39.5. The van der Waals surface area contributed by atoms with E-state index in [0.717, 1.165) is 28.3 Å². The van der Waals surface area contributed by atoms with E-state index in [1.165, 1.54) is 0 Å². The minimum absolute atomic E-state index is 0.0306. The normalized spacial score (nSPS) is 14.2. The summed E-state index contributed by atoms with van der Waals surface area (Å²) in [7, 11) is 0. The van der Waals surface area contributed by atoms with Crippen molar-refractivity contribution in [3.8, 4) is 0 Å². The van der Waals surface area contributed by atoms with E-state index in [2.05, 4.69) is 21.3 Å². The van der Waals surface area contributed by atoms with Crippen LogP contribution < -0.4 is 27.0 Å². The topological polar surface area (TPSA) is 172 Å². The van der Waals surface area contributed by atoms with Gasteiger partial charge in [0.15, 0.2) is 0 Å². The molecule has 0 radical (unpaired) electrons. The van der Waals surface area contributed by atoms with Crippen LogP contribution in [-0.4, -0.2) is 66.2 Å². The first-order valence-corrected chi connectivity index (χ1v) is 19.6. The number of rotatable bonds is 23. The molecule has 0 saturated heterocycles. The summed E-state index contributed by atoms with van der Waals surface area (Å²) < 4.78 is 5.49. The molecule has 11 heteroatoms. The molecule has 0 spiro atoms. The number of unbranched alkanes of at least 4 members (excludes halogenated alkanes) is 1. The van der Waals surface area contributed by atoms with Crippen molar-refractivity contribution >= 4 is 34.6 Å². The van der Waals surface area contributed by atoms with Crippen molar-refractivity contribution in [2.24, 2.45) is 23.5 Å². The fourth-order valence-corrected chi connectivity index (χ4v) is 6.48. The highest BCUT2D eigenvalue weighted by Gasteiger charge is 2.32. The molecule has 296 valence electrons. The number of aliphatic hydroxyl groups excluding tert-OH is 1. The third kappa shape index (κ3) is 15.1. The van der Waals surface area contributed by atoms with Crippen molar-refractivity contribution in [1.82, 2.24) is 21.3 Å². The number of aliphatic hydroxyl groups is 1. The molecule has 0 saturated carbocycles. The van der Waals surface area contributed by atoms with E-state index < -0.39 is 48.1 Å². The quantitative estimate of drug-likeness (QED) is 0.0716. The first-order valence-electron chi connectivity index (χ1n) is 19.6. The van der Waals surface area contributed by atoms with E-state index in [9.17, 15) is 24.3 Å². The standard InChI is InChI=1S/C43H63N5O6/c1-6-7-22-36(41(51)47-37(24-29(2)3)39(49)26-34(20-14-23-44)40(50)45-27-30(4)5)46-42(52)38(48-43(53)54-28-31-15-9-8-10-16-31)25-33-19-13-18-32-17-11-12-21-35(32)33/h8-13,15-19,21,29-30,34,36-39,49H,6-7,14,20,22-28,44H2,1-5H3,(H,45,50)(H,46,52)(H,47,51)(H,48,53)/t34-,36-,37-,38-,39-/m0/s1. The van der Waals surface area contributed by atoms with Gasteiger partial charge in [-0.3, -0.25) is 14.4 Å². The number of amides is 4. The van der Waals surface area contributed by atoms with E-state index in [1.807, 2.05) is 107 Å². The van der Waals surface area contributed by atoms with Crippen molar-refractivity contribution < 1.29 is 29.0 Å². The van der Waals surface area contributed by atoms with Crippen LogP contribution in [0.1, 0.15) is 90.7 Å². The molecule has 54 heavy (non-hydrogen) atoms. The number of ether oxygens (including phenoxy) is 1. The van der Waals surface area contributed by atoms with Crippen LogP contribution in [0.15, 0.2) is 72.8 Å². The van der Waals surface area contributed by atoms with Crippen molar-refractivity contribution in [1.29, 1.82) is 0 Å². The second-order valence-electron chi connectivity index (χ2n) is 15.1. The molecular formula is C43H63N5O6. The maximum Gasteiger partial charge on any atom is 0.408 e. The van der Waals surface area contributed by atoms with Gasteiger partial charge in [0.25, 0.3) is 0 Å². The number of carbonyl (C=O) groups is 4. The fourth-order valence-electron chi connectivity index (χ4n) is 6.48. The van der Waals surface area contributed by atoms with E-state index >= 15 is 0 Å². The Morgan fingerprint density at radius 3 is 2.11 bits per heavy atom. The highest BCUT2D eigenvalue weighted by Crippen LogP contribution is 2.22. The summed E-state index contributed by atoms with van der Waals surface area (Å²) in [6.45, 7) is 11.0. The average molecular weight is 746 g/mol. The lowest BCUT2D eigenvalue weighted by Crippen LogP contribution is -2.57. The van der Waals surface area contributed by atoms with E-state index in [4.69, 9.17) is 10.5 Å². The summed E-state index contributed by atoms with van der Waals surface area (Å²) >= 11 is 0. The van der Waals surface area contributed by atoms with Gasteiger partial charge in [-0.15, -0.1) is 0 Å². The molecule has 0 aliphatic heterocycles. The molecule has 0 aliphatic carbocycles. The maximum absolute atomic E-state index is 14.1. The molecular weight excluding hydrogens is 683 g/mol. The van der Waals surface area contributed by atoms with Crippen LogP contribution in [-0.2, 0) is 32.1 Å². The van der Waals surface area contributed by atoms with Gasteiger partial charge < -0.3 is 36.8 Å². The van der Waals surface area contributed by atoms with E-state index in [-0.39, 0.29) is 37.2 Å². The molecule has 4 amide bonds. The summed E-state index contributed by atoms with van der Waals surface area (Å²) in [5, 5.41) is 25.2. The molecule has 3 aromatic carbocycles. The monoisotopic (exact) mass is 745 g/mol. The minimum Gasteiger partial charge on any atom is -0.445 e. The zero-order valence-corrected chi connectivity index (χ0v) is 32.8. The van der Waals surface area contributed by atoms with E-state index in [0.29, 0.717) is 45.2 Å². The van der Waals surface area contributed by atoms with E-state index in [1.54, 1.807) is 0 Å². The van der Waals surface area contributed by atoms with Crippen LogP contribution in [0.3, 0.4) is 0 Å². The summed E-state index contributed by atoms with van der Waals surface area (Å²) in [5.74, 6) is -1.15. The number of alkyl carbamates (subject to hydrolysis) is 1. The Morgan fingerprint density at radius 2 is 1.43 bits per heavy atom. The third-order valence-electron chi connectivity index (χ3n) is 9.46.